The predicted octanol–water partition coefficient (Wildman–Crippen LogP) is 3.23. The van der Waals surface area contributed by atoms with Gasteiger partial charge in [0.25, 0.3) is 5.91 Å². The molecule has 0 aromatic heterocycles. The second-order valence-corrected chi connectivity index (χ2v) is 6.56. The van der Waals surface area contributed by atoms with Gasteiger partial charge in [0.05, 0.1) is 0 Å². The minimum Gasteiger partial charge on any atom is -0.489 e. The van der Waals surface area contributed by atoms with Crippen LogP contribution in [0, 0.1) is 5.82 Å². The van der Waals surface area contributed by atoms with Crippen LogP contribution in [0.25, 0.3) is 0 Å². The molecular formula is C23H21FN2O3. The van der Waals surface area contributed by atoms with Gasteiger partial charge in [-0.05, 0) is 41.5 Å². The van der Waals surface area contributed by atoms with Crippen LogP contribution in [0.2, 0.25) is 0 Å². The van der Waals surface area contributed by atoms with Crippen molar-refractivity contribution in [1.29, 1.82) is 0 Å². The molecule has 0 bridgehead atoms. The minimum atomic E-state index is -0.935. The maximum atomic E-state index is 13.3. The molecule has 0 aliphatic rings. The molecule has 0 fully saturated rings. The first-order valence-electron chi connectivity index (χ1n) is 9.12. The minimum absolute atomic E-state index is 0.121. The van der Waals surface area contributed by atoms with Gasteiger partial charge < -0.3 is 15.8 Å². The van der Waals surface area contributed by atoms with Gasteiger partial charge in [-0.2, -0.15) is 0 Å². The molecule has 0 aliphatic heterocycles. The number of primary amides is 1. The fourth-order valence-corrected chi connectivity index (χ4v) is 2.83. The van der Waals surface area contributed by atoms with Gasteiger partial charge in [-0.25, -0.2) is 4.39 Å². The van der Waals surface area contributed by atoms with E-state index in [2.05, 4.69) is 5.32 Å². The molecule has 0 heterocycles. The molecular weight excluding hydrogens is 371 g/mol. The van der Waals surface area contributed by atoms with Crippen LogP contribution in [0.3, 0.4) is 0 Å². The maximum absolute atomic E-state index is 13.3. The largest absolute Gasteiger partial charge is 0.489 e. The average Bonchev–Trinajstić information content (AvgIpc) is 2.73. The second kappa shape index (κ2) is 9.50. The van der Waals surface area contributed by atoms with Crippen LogP contribution in [0.1, 0.15) is 21.5 Å². The van der Waals surface area contributed by atoms with E-state index in [1.807, 2.05) is 48.5 Å². The molecule has 2 amide bonds. The Labute approximate surface area is 168 Å². The van der Waals surface area contributed by atoms with Crippen molar-refractivity contribution in [3.63, 3.8) is 0 Å². The standard InChI is InChI=1S/C23H21FN2O3/c24-19-10-5-9-18(14-19)23(28)26-21(22(25)27)13-17-8-4-11-20(12-17)29-15-16-6-2-1-3-7-16/h1-12,14,21H,13,15H2,(H2,25,27)(H,26,28)/t21-/m1/s1. The van der Waals surface area contributed by atoms with Crippen LogP contribution in [0.5, 0.6) is 5.75 Å². The Balaban J connectivity index is 1.65. The molecule has 5 nitrogen and oxygen atoms in total. The normalized spacial score (nSPS) is 11.5. The maximum Gasteiger partial charge on any atom is 0.252 e. The summed E-state index contributed by atoms with van der Waals surface area (Å²) in [5.41, 5.74) is 7.39. The lowest BCUT2D eigenvalue weighted by Crippen LogP contribution is -2.45. The Hall–Kier alpha value is -3.67. The molecule has 0 unspecified atom stereocenters. The highest BCUT2D eigenvalue weighted by atomic mass is 19.1. The van der Waals surface area contributed by atoms with Gasteiger partial charge >= 0.3 is 0 Å². The number of carbonyl (C=O) groups excluding carboxylic acids is 2. The first-order chi connectivity index (χ1) is 14.0. The Kier molecular flexibility index (Phi) is 6.58. The van der Waals surface area contributed by atoms with E-state index < -0.39 is 23.7 Å². The molecule has 3 aromatic rings. The first kappa shape index (κ1) is 20.1. The molecule has 0 spiro atoms. The van der Waals surface area contributed by atoms with Crippen molar-refractivity contribution in [3.05, 3.63) is 101 Å². The van der Waals surface area contributed by atoms with E-state index in [0.29, 0.717) is 12.4 Å². The first-order valence-corrected chi connectivity index (χ1v) is 9.12. The number of ether oxygens (including phenoxy) is 1. The van der Waals surface area contributed by atoms with Crippen molar-refractivity contribution in [2.75, 3.05) is 0 Å². The van der Waals surface area contributed by atoms with Crippen molar-refractivity contribution in [2.24, 2.45) is 5.73 Å². The summed E-state index contributed by atoms with van der Waals surface area (Å²) in [6.07, 6.45) is 0.193. The Morgan fingerprint density at radius 1 is 0.931 bits per heavy atom. The third-order valence-corrected chi connectivity index (χ3v) is 4.32. The van der Waals surface area contributed by atoms with Gasteiger partial charge in [-0.1, -0.05) is 48.5 Å². The van der Waals surface area contributed by atoms with Gasteiger partial charge in [-0.15, -0.1) is 0 Å². The fraction of sp³-hybridized carbons (Fsp3) is 0.130. The zero-order chi connectivity index (χ0) is 20.6. The topological polar surface area (TPSA) is 81.4 Å². The number of carbonyl (C=O) groups is 2. The Morgan fingerprint density at radius 3 is 2.38 bits per heavy atom. The Bertz CT molecular complexity index is 992. The van der Waals surface area contributed by atoms with Crippen LogP contribution in [0.15, 0.2) is 78.9 Å². The highest BCUT2D eigenvalue weighted by molar-refractivity contribution is 5.97. The summed E-state index contributed by atoms with van der Waals surface area (Å²) in [5.74, 6) is -1.13. The van der Waals surface area contributed by atoms with Crippen LogP contribution < -0.4 is 15.8 Å². The molecule has 6 heteroatoms. The van der Waals surface area contributed by atoms with E-state index in [4.69, 9.17) is 10.5 Å². The summed E-state index contributed by atoms with van der Waals surface area (Å²) in [5, 5.41) is 2.56. The van der Waals surface area contributed by atoms with E-state index in [1.54, 1.807) is 6.07 Å². The van der Waals surface area contributed by atoms with E-state index in [1.165, 1.54) is 18.2 Å². The van der Waals surface area contributed by atoms with Crippen LogP contribution >= 0.6 is 0 Å². The second-order valence-electron chi connectivity index (χ2n) is 6.56. The molecule has 1 atom stereocenters. The molecule has 0 saturated heterocycles. The quantitative estimate of drug-likeness (QED) is 0.618. The van der Waals surface area contributed by atoms with Crippen molar-refractivity contribution >= 4 is 11.8 Å². The summed E-state index contributed by atoms with van der Waals surface area (Å²) in [7, 11) is 0. The molecule has 0 saturated carbocycles. The van der Waals surface area contributed by atoms with Crippen LogP contribution in [-0.4, -0.2) is 17.9 Å². The van der Waals surface area contributed by atoms with Crippen molar-refractivity contribution < 1.29 is 18.7 Å². The van der Waals surface area contributed by atoms with Gasteiger partial charge in [0.15, 0.2) is 0 Å². The number of nitrogens with one attached hydrogen (secondary N) is 1. The summed E-state index contributed by atoms with van der Waals surface area (Å²) >= 11 is 0. The third kappa shape index (κ3) is 5.90. The number of hydrogen-bond acceptors (Lipinski definition) is 3. The van der Waals surface area contributed by atoms with Crippen LogP contribution in [0.4, 0.5) is 4.39 Å². The van der Waals surface area contributed by atoms with Crippen LogP contribution in [-0.2, 0) is 17.8 Å². The highest BCUT2D eigenvalue weighted by Crippen LogP contribution is 2.17. The summed E-state index contributed by atoms with van der Waals surface area (Å²) in [6, 6.07) is 21.3. The monoisotopic (exact) mass is 392 g/mol. The SMILES string of the molecule is NC(=O)[C@@H](Cc1cccc(OCc2ccccc2)c1)NC(=O)c1cccc(F)c1. The molecule has 0 radical (unpaired) electrons. The van der Waals surface area contributed by atoms with Crippen molar-refractivity contribution in [3.8, 4) is 5.75 Å². The van der Waals surface area contributed by atoms with E-state index in [0.717, 1.165) is 17.2 Å². The lowest BCUT2D eigenvalue weighted by molar-refractivity contribution is -0.119. The number of amides is 2. The summed E-state index contributed by atoms with van der Waals surface area (Å²) in [6.45, 7) is 0.417. The van der Waals surface area contributed by atoms with Crippen molar-refractivity contribution in [1.82, 2.24) is 5.32 Å². The smallest absolute Gasteiger partial charge is 0.252 e. The molecule has 3 N–H and O–H groups in total. The molecule has 148 valence electrons. The summed E-state index contributed by atoms with van der Waals surface area (Å²) < 4.78 is 19.1. The Morgan fingerprint density at radius 2 is 1.66 bits per heavy atom. The molecule has 3 aromatic carbocycles. The predicted molar refractivity (Wildman–Crippen MR) is 108 cm³/mol. The number of halogens is 1. The van der Waals surface area contributed by atoms with Gasteiger partial charge in [-0.3, -0.25) is 9.59 Å². The molecule has 0 aliphatic carbocycles. The third-order valence-electron chi connectivity index (χ3n) is 4.32. The molecule has 3 rings (SSSR count). The highest BCUT2D eigenvalue weighted by Gasteiger charge is 2.20. The average molecular weight is 392 g/mol. The zero-order valence-electron chi connectivity index (χ0n) is 15.7. The van der Waals surface area contributed by atoms with Gasteiger partial charge in [0.1, 0.15) is 24.2 Å². The number of rotatable bonds is 8. The number of benzene rings is 3. The van der Waals surface area contributed by atoms with E-state index in [9.17, 15) is 14.0 Å². The van der Waals surface area contributed by atoms with Gasteiger partial charge in [0, 0.05) is 12.0 Å². The lowest BCUT2D eigenvalue weighted by atomic mass is 10.0. The molecule has 29 heavy (non-hydrogen) atoms. The van der Waals surface area contributed by atoms with E-state index in [-0.39, 0.29) is 12.0 Å². The fourth-order valence-electron chi connectivity index (χ4n) is 2.83. The van der Waals surface area contributed by atoms with Gasteiger partial charge in [0.2, 0.25) is 5.91 Å². The van der Waals surface area contributed by atoms with E-state index >= 15 is 0 Å². The number of nitrogens with two attached hydrogens (primary N) is 1. The summed E-state index contributed by atoms with van der Waals surface area (Å²) in [4.78, 5) is 24.2. The lowest BCUT2D eigenvalue weighted by Gasteiger charge is -2.16. The van der Waals surface area contributed by atoms with Crippen molar-refractivity contribution in [2.45, 2.75) is 19.1 Å². The zero-order valence-corrected chi connectivity index (χ0v) is 15.7. The number of hydrogen-bond donors (Lipinski definition) is 2.